The normalized spacial score (nSPS) is 10.3. The van der Waals surface area contributed by atoms with E-state index in [1.54, 1.807) is 13.0 Å². The van der Waals surface area contributed by atoms with Crippen molar-refractivity contribution < 1.29 is 14.1 Å². The smallest absolute Gasteiger partial charge is 0.349 e. The van der Waals surface area contributed by atoms with Gasteiger partial charge in [-0.1, -0.05) is 6.07 Å². The van der Waals surface area contributed by atoms with Gasteiger partial charge in [0.1, 0.15) is 6.20 Å². The summed E-state index contributed by atoms with van der Waals surface area (Å²) in [6.07, 6.45) is 0.901. The second-order valence-electron chi connectivity index (χ2n) is 3.62. The highest BCUT2D eigenvalue weighted by Crippen LogP contribution is 2.31. The number of aromatic nitrogens is 2. The minimum Gasteiger partial charge on any atom is -0.430 e. The average Bonchev–Trinajstić information content (AvgIpc) is 2.33. The molecule has 0 radical (unpaired) electrons. The molecule has 98 valence electrons. The summed E-state index contributed by atoms with van der Waals surface area (Å²) < 4.78 is 18.6. The predicted octanol–water partition coefficient (Wildman–Crippen LogP) is 3.28. The van der Waals surface area contributed by atoms with E-state index in [0.717, 1.165) is 11.8 Å². The standard InChI is InChI=1S/C11H7ClFN3O3/c1-6-2-3-7(13)9(4-6)19-10-8(16(17)18)5-14-11(12)15-10/h2-5H,1H3. The number of hydrogen-bond donors (Lipinski definition) is 0. The lowest BCUT2D eigenvalue weighted by atomic mass is 10.2. The van der Waals surface area contributed by atoms with Crippen LogP contribution in [0.15, 0.2) is 24.4 Å². The molecule has 0 unspecified atom stereocenters. The molecule has 1 aromatic carbocycles. The second-order valence-corrected chi connectivity index (χ2v) is 3.96. The van der Waals surface area contributed by atoms with Gasteiger partial charge in [0.2, 0.25) is 5.28 Å². The third kappa shape index (κ3) is 2.94. The molecule has 0 bridgehead atoms. The van der Waals surface area contributed by atoms with Crippen molar-refractivity contribution in [3.05, 3.63) is 51.2 Å². The maximum Gasteiger partial charge on any atom is 0.349 e. The van der Waals surface area contributed by atoms with Gasteiger partial charge < -0.3 is 4.74 Å². The number of nitro groups is 1. The highest BCUT2D eigenvalue weighted by molar-refractivity contribution is 6.28. The van der Waals surface area contributed by atoms with Crippen LogP contribution in [0, 0.1) is 22.9 Å². The summed E-state index contributed by atoms with van der Waals surface area (Å²) >= 11 is 5.54. The molecule has 8 heteroatoms. The third-order valence-electron chi connectivity index (χ3n) is 2.20. The van der Waals surface area contributed by atoms with Gasteiger partial charge in [0, 0.05) is 0 Å². The fourth-order valence-corrected chi connectivity index (χ4v) is 1.46. The molecule has 1 aromatic heterocycles. The largest absolute Gasteiger partial charge is 0.430 e. The molecule has 0 aliphatic heterocycles. The summed E-state index contributed by atoms with van der Waals surface area (Å²) in [5, 5.41) is 10.6. The lowest BCUT2D eigenvalue weighted by Gasteiger charge is -2.06. The quantitative estimate of drug-likeness (QED) is 0.491. The van der Waals surface area contributed by atoms with E-state index in [1.807, 2.05) is 0 Å². The van der Waals surface area contributed by atoms with Gasteiger partial charge >= 0.3 is 11.6 Å². The van der Waals surface area contributed by atoms with Crippen LogP contribution in [0.2, 0.25) is 5.28 Å². The van der Waals surface area contributed by atoms with Gasteiger partial charge in [-0.15, -0.1) is 0 Å². The molecule has 2 rings (SSSR count). The summed E-state index contributed by atoms with van der Waals surface area (Å²) in [5.41, 5.74) is 0.240. The molecule has 0 saturated heterocycles. The van der Waals surface area contributed by atoms with Crippen LogP contribution in [-0.2, 0) is 0 Å². The van der Waals surface area contributed by atoms with Crippen molar-refractivity contribution in [1.82, 2.24) is 9.97 Å². The van der Waals surface area contributed by atoms with Crippen LogP contribution >= 0.6 is 11.6 Å². The van der Waals surface area contributed by atoms with E-state index in [-0.39, 0.29) is 11.0 Å². The highest BCUT2D eigenvalue weighted by Gasteiger charge is 2.20. The summed E-state index contributed by atoms with van der Waals surface area (Å²) in [7, 11) is 0. The molecule has 0 aliphatic rings. The lowest BCUT2D eigenvalue weighted by Crippen LogP contribution is -1.99. The van der Waals surface area contributed by atoms with Gasteiger partial charge in [-0.2, -0.15) is 4.98 Å². The molecular formula is C11H7ClFN3O3. The first-order valence-corrected chi connectivity index (χ1v) is 5.46. The molecule has 0 amide bonds. The van der Waals surface area contributed by atoms with Crippen molar-refractivity contribution in [2.75, 3.05) is 0 Å². The summed E-state index contributed by atoms with van der Waals surface area (Å²) in [4.78, 5) is 17.1. The molecule has 0 spiro atoms. The Balaban J connectivity index is 2.45. The Bertz CT molecular complexity index is 651. The van der Waals surface area contributed by atoms with E-state index in [9.17, 15) is 14.5 Å². The molecule has 0 N–H and O–H groups in total. The van der Waals surface area contributed by atoms with Gasteiger partial charge in [0.25, 0.3) is 0 Å². The van der Waals surface area contributed by atoms with E-state index in [4.69, 9.17) is 16.3 Å². The van der Waals surface area contributed by atoms with Crippen LogP contribution in [0.3, 0.4) is 0 Å². The Labute approximate surface area is 112 Å². The maximum absolute atomic E-state index is 13.5. The monoisotopic (exact) mass is 283 g/mol. The van der Waals surface area contributed by atoms with E-state index in [1.165, 1.54) is 12.1 Å². The zero-order chi connectivity index (χ0) is 14.0. The Hall–Kier alpha value is -2.28. The summed E-state index contributed by atoms with van der Waals surface area (Å²) in [6, 6.07) is 4.14. The van der Waals surface area contributed by atoms with Gasteiger partial charge in [-0.05, 0) is 36.2 Å². The van der Waals surface area contributed by atoms with Gasteiger partial charge in [0.15, 0.2) is 11.6 Å². The van der Waals surface area contributed by atoms with Gasteiger partial charge in [-0.3, -0.25) is 10.1 Å². The van der Waals surface area contributed by atoms with Crippen molar-refractivity contribution in [2.24, 2.45) is 0 Å². The number of nitrogens with zero attached hydrogens (tertiary/aromatic N) is 3. The number of hydrogen-bond acceptors (Lipinski definition) is 5. The molecule has 0 aliphatic carbocycles. The number of ether oxygens (including phenoxy) is 1. The first-order valence-electron chi connectivity index (χ1n) is 5.08. The third-order valence-corrected chi connectivity index (χ3v) is 2.38. The molecule has 19 heavy (non-hydrogen) atoms. The van der Waals surface area contributed by atoms with E-state index in [0.29, 0.717) is 0 Å². The van der Waals surface area contributed by atoms with Crippen molar-refractivity contribution in [1.29, 1.82) is 0 Å². The van der Waals surface area contributed by atoms with E-state index >= 15 is 0 Å². The Kier molecular flexibility index (Phi) is 3.57. The Morgan fingerprint density at radius 3 is 2.89 bits per heavy atom. The molecule has 0 atom stereocenters. The number of aryl methyl sites for hydroxylation is 1. The van der Waals surface area contributed by atoms with Crippen molar-refractivity contribution >= 4 is 17.3 Å². The molecule has 6 nitrogen and oxygen atoms in total. The highest BCUT2D eigenvalue weighted by atomic mass is 35.5. The Morgan fingerprint density at radius 1 is 1.47 bits per heavy atom. The van der Waals surface area contributed by atoms with Crippen molar-refractivity contribution in [2.45, 2.75) is 6.92 Å². The number of rotatable bonds is 3. The zero-order valence-corrected chi connectivity index (χ0v) is 10.4. The van der Waals surface area contributed by atoms with Crippen LogP contribution in [0.25, 0.3) is 0 Å². The minimum absolute atomic E-state index is 0.169. The summed E-state index contributed by atoms with van der Waals surface area (Å²) in [6.45, 7) is 1.73. The first-order chi connectivity index (χ1) is 8.97. The minimum atomic E-state index is -0.737. The number of halogens is 2. The van der Waals surface area contributed by atoms with Crippen LogP contribution < -0.4 is 4.74 Å². The predicted molar refractivity (Wildman–Crippen MR) is 64.9 cm³/mol. The SMILES string of the molecule is Cc1ccc(F)c(Oc2nc(Cl)ncc2[N+](=O)[O-])c1. The molecule has 2 aromatic rings. The lowest BCUT2D eigenvalue weighted by molar-refractivity contribution is -0.386. The van der Waals surface area contributed by atoms with Crippen LogP contribution in [0.5, 0.6) is 11.6 Å². The summed E-state index contributed by atoms with van der Waals surface area (Å²) in [5.74, 6) is -1.23. The van der Waals surface area contributed by atoms with Crippen LogP contribution in [0.1, 0.15) is 5.56 Å². The maximum atomic E-state index is 13.5. The van der Waals surface area contributed by atoms with Crippen molar-refractivity contribution in [3.8, 4) is 11.6 Å². The molecule has 0 fully saturated rings. The van der Waals surface area contributed by atoms with Crippen LogP contribution in [0.4, 0.5) is 10.1 Å². The zero-order valence-electron chi connectivity index (χ0n) is 9.63. The molecule has 0 saturated carbocycles. The average molecular weight is 284 g/mol. The first kappa shape index (κ1) is 13.2. The van der Waals surface area contributed by atoms with Crippen LogP contribution in [-0.4, -0.2) is 14.9 Å². The fraction of sp³-hybridized carbons (Fsp3) is 0.0909. The van der Waals surface area contributed by atoms with Crippen molar-refractivity contribution in [3.63, 3.8) is 0 Å². The van der Waals surface area contributed by atoms with E-state index in [2.05, 4.69) is 9.97 Å². The Morgan fingerprint density at radius 2 is 2.21 bits per heavy atom. The number of benzene rings is 1. The molecule has 1 heterocycles. The van der Waals surface area contributed by atoms with E-state index < -0.39 is 22.3 Å². The fourth-order valence-electron chi connectivity index (χ4n) is 1.33. The van der Waals surface area contributed by atoms with Gasteiger partial charge in [0.05, 0.1) is 4.92 Å². The topological polar surface area (TPSA) is 78.2 Å². The molecular weight excluding hydrogens is 277 g/mol. The van der Waals surface area contributed by atoms with Gasteiger partial charge in [-0.25, -0.2) is 9.37 Å². The second kappa shape index (κ2) is 5.15.